The molecule has 3 aliphatic rings. The Morgan fingerprint density at radius 2 is 1.74 bits per heavy atom. The van der Waals surface area contributed by atoms with Crippen molar-refractivity contribution >= 4 is 28.8 Å². The monoisotopic (exact) mass is 662 g/mol. The fourth-order valence-electron chi connectivity index (χ4n) is 7.31. The van der Waals surface area contributed by atoms with Crippen molar-refractivity contribution in [3.63, 3.8) is 0 Å². The van der Waals surface area contributed by atoms with Crippen LogP contribution in [0, 0.1) is 17.3 Å². The third-order valence-electron chi connectivity index (χ3n) is 9.64. The van der Waals surface area contributed by atoms with Crippen LogP contribution in [0.5, 0.6) is 11.6 Å². The maximum atomic E-state index is 14.3. The van der Waals surface area contributed by atoms with E-state index in [1.54, 1.807) is 39.0 Å². The number of ketones is 1. The molecular formula is C34H45F3N4O6. The van der Waals surface area contributed by atoms with Crippen molar-refractivity contribution < 1.29 is 41.8 Å². The van der Waals surface area contributed by atoms with Crippen molar-refractivity contribution in [2.45, 2.75) is 116 Å². The van der Waals surface area contributed by atoms with Gasteiger partial charge in [-0.1, -0.05) is 33.6 Å². The van der Waals surface area contributed by atoms with Crippen molar-refractivity contribution in [2.75, 3.05) is 13.7 Å². The minimum absolute atomic E-state index is 0.0746. The lowest BCUT2D eigenvalue weighted by Crippen LogP contribution is -2.57. The molecule has 1 aliphatic carbocycles. The zero-order valence-corrected chi connectivity index (χ0v) is 27.7. The zero-order chi connectivity index (χ0) is 34.1. The van der Waals surface area contributed by atoms with E-state index in [0.29, 0.717) is 28.9 Å². The highest BCUT2D eigenvalue weighted by molar-refractivity contribution is 5.92. The molecule has 1 aromatic carbocycles. The fraction of sp³-hybridized carbons (Fsp3) is 0.676. The van der Waals surface area contributed by atoms with Crippen LogP contribution in [0.25, 0.3) is 11.0 Å². The van der Waals surface area contributed by atoms with Crippen molar-refractivity contribution in [1.82, 2.24) is 20.2 Å². The third-order valence-corrected chi connectivity index (χ3v) is 9.64. The number of rotatable bonds is 3. The van der Waals surface area contributed by atoms with E-state index in [4.69, 9.17) is 24.2 Å². The number of ether oxygens (including phenoxy) is 3. The van der Waals surface area contributed by atoms with Crippen molar-refractivity contribution in [1.29, 1.82) is 0 Å². The van der Waals surface area contributed by atoms with E-state index in [1.807, 2.05) is 0 Å². The van der Waals surface area contributed by atoms with Gasteiger partial charge in [-0.15, -0.1) is 0 Å². The molecule has 0 unspecified atom stereocenters. The molecule has 258 valence electrons. The molecule has 2 amide bonds. The van der Waals surface area contributed by atoms with Crippen LogP contribution in [0.15, 0.2) is 18.2 Å². The third kappa shape index (κ3) is 8.09. The summed E-state index contributed by atoms with van der Waals surface area (Å²) in [4.78, 5) is 51.2. The summed E-state index contributed by atoms with van der Waals surface area (Å²) in [6.07, 6.45) is -1.83. The molecule has 2 fully saturated rings. The Balaban J connectivity index is 1.59. The lowest BCUT2D eigenvalue weighted by Gasteiger charge is -2.36. The van der Waals surface area contributed by atoms with Crippen LogP contribution in [0.2, 0.25) is 0 Å². The number of halogens is 3. The summed E-state index contributed by atoms with van der Waals surface area (Å²) >= 11 is 0. The Labute approximate surface area is 273 Å². The highest BCUT2D eigenvalue weighted by atomic mass is 19.4. The Morgan fingerprint density at radius 1 is 1.00 bits per heavy atom. The first-order valence-corrected chi connectivity index (χ1v) is 16.5. The summed E-state index contributed by atoms with van der Waals surface area (Å²) in [5.41, 5.74) is 0.665. The van der Waals surface area contributed by atoms with Crippen LogP contribution < -0.4 is 14.8 Å². The average molecular weight is 663 g/mol. The van der Waals surface area contributed by atoms with Crippen LogP contribution >= 0.6 is 0 Å². The number of nitrogens with zero attached hydrogens (tertiary/aromatic N) is 3. The number of alkyl halides is 3. The number of hydrogen-bond acceptors (Lipinski definition) is 8. The first-order valence-electron chi connectivity index (χ1n) is 16.5. The number of Topliss-reactive ketones (excluding diaryl/α,β-unsaturated/α-hetero) is 1. The van der Waals surface area contributed by atoms with E-state index in [-0.39, 0.29) is 24.4 Å². The minimum Gasteiger partial charge on any atom is -0.497 e. The quantitative estimate of drug-likeness (QED) is 0.414. The number of aromatic nitrogens is 2. The van der Waals surface area contributed by atoms with Crippen LogP contribution in [-0.4, -0.2) is 76.8 Å². The zero-order valence-electron chi connectivity index (χ0n) is 27.7. The van der Waals surface area contributed by atoms with Gasteiger partial charge in [0.25, 0.3) is 0 Å². The van der Waals surface area contributed by atoms with E-state index in [1.165, 1.54) is 14.0 Å². The molecule has 13 heteroatoms. The van der Waals surface area contributed by atoms with Crippen molar-refractivity contribution in [3.8, 4) is 11.6 Å². The second kappa shape index (κ2) is 13.8. The lowest BCUT2D eigenvalue weighted by atomic mass is 9.85. The number of alkyl carbamates (subject to hydrolysis) is 1. The molecule has 47 heavy (non-hydrogen) atoms. The van der Waals surface area contributed by atoms with Gasteiger partial charge >= 0.3 is 12.3 Å². The second-order valence-corrected chi connectivity index (χ2v) is 14.2. The van der Waals surface area contributed by atoms with E-state index >= 15 is 0 Å². The first kappa shape index (κ1) is 34.7. The fourth-order valence-corrected chi connectivity index (χ4v) is 7.31. The average Bonchev–Trinajstić information content (AvgIpc) is 3.57. The van der Waals surface area contributed by atoms with E-state index in [0.717, 1.165) is 49.8 Å². The standard InChI is InChI=1S/C34H45F3N4O6/c1-19(42)28-22(17-34(35,36)37)27-18-41(28)31(43)29(33(2,3)4)40-32(44)47-26-13-9-11-20(26)10-7-6-8-12-24-30(46-27)39-25-16-21(45-5)14-15-23(25)38-24/h14-16,20,22,26-29H,6-13,17-18H2,1-5H3,(H,40,44)/t20-,22-,26-,27+,28-,29-/m1/s1. The van der Waals surface area contributed by atoms with Crippen LogP contribution in [-0.2, 0) is 20.7 Å². The molecule has 2 bridgehead atoms. The van der Waals surface area contributed by atoms with Gasteiger partial charge in [0, 0.05) is 12.0 Å². The van der Waals surface area contributed by atoms with Crippen molar-refractivity contribution in [2.24, 2.45) is 17.3 Å². The topological polar surface area (TPSA) is 120 Å². The molecule has 6 atom stereocenters. The van der Waals surface area contributed by atoms with Crippen molar-refractivity contribution in [3.05, 3.63) is 23.9 Å². The summed E-state index contributed by atoms with van der Waals surface area (Å²) < 4.78 is 59.8. The molecule has 2 aliphatic heterocycles. The number of benzene rings is 1. The van der Waals surface area contributed by atoms with Gasteiger partial charge in [0.15, 0.2) is 5.78 Å². The number of amides is 2. The summed E-state index contributed by atoms with van der Waals surface area (Å²) in [5.74, 6) is -1.90. The summed E-state index contributed by atoms with van der Waals surface area (Å²) in [6.45, 7) is 6.09. The second-order valence-electron chi connectivity index (χ2n) is 14.2. The molecule has 1 aromatic heterocycles. The smallest absolute Gasteiger partial charge is 0.408 e. The number of fused-ring (bicyclic) bond motifs is 5. The van der Waals surface area contributed by atoms with E-state index in [9.17, 15) is 27.6 Å². The molecule has 1 saturated carbocycles. The predicted molar refractivity (Wildman–Crippen MR) is 167 cm³/mol. The minimum atomic E-state index is -4.65. The summed E-state index contributed by atoms with van der Waals surface area (Å²) in [5, 5.41) is 2.71. The number of nitrogens with one attached hydrogen (secondary N) is 1. The first-order chi connectivity index (χ1) is 22.1. The SMILES string of the molecule is COc1ccc2nc3c(nc2c1)O[C@H]1CN(C(=O)[C@H](C(C)(C)C)NC(=O)O[C@@H]2CCC[C@H]2CCCCC3)[C@H](C(C)=O)[C@@H]1CC(F)(F)F. The highest BCUT2D eigenvalue weighted by Gasteiger charge is 2.54. The molecule has 0 spiro atoms. The number of carbonyl (C=O) groups is 3. The van der Waals surface area contributed by atoms with Crippen LogP contribution in [0.3, 0.4) is 0 Å². The Morgan fingerprint density at radius 3 is 2.43 bits per heavy atom. The van der Waals surface area contributed by atoms with Gasteiger partial charge < -0.3 is 24.4 Å². The highest BCUT2D eigenvalue weighted by Crippen LogP contribution is 2.40. The number of aryl methyl sites for hydroxylation is 1. The summed E-state index contributed by atoms with van der Waals surface area (Å²) in [6, 6.07) is 2.58. The largest absolute Gasteiger partial charge is 0.497 e. The van der Waals surface area contributed by atoms with Gasteiger partial charge in [-0.2, -0.15) is 13.2 Å². The Kier molecular flexibility index (Phi) is 10.2. The van der Waals surface area contributed by atoms with Crippen LogP contribution in [0.4, 0.5) is 18.0 Å². The molecular weight excluding hydrogens is 617 g/mol. The van der Waals surface area contributed by atoms with Gasteiger partial charge in [-0.05, 0) is 68.9 Å². The maximum absolute atomic E-state index is 14.3. The molecule has 3 heterocycles. The van der Waals surface area contributed by atoms with E-state index < -0.39 is 59.9 Å². The normalized spacial score (nSPS) is 28.0. The maximum Gasteiger partial charge on any atom is 0.408 e. The van der Waals surface area contributed by atoms with Crippen LogP contribution in [0.1, 0.15) is 84.8 Å². The molecule has 1 saturated heterocycles. The molecule has 0 radical (unpaired) electrons. The molecule has 1 N–H and O–H groups in total. The van der Waals surface area contributed by atoms with Gasteiger partial charge in [0.1, 0.15) is 29.7 Å². The summed E-state index contributed by atoms with van der Waals surface area (Å²) in [7, 11) is 1.51. The molecule has 10 nitrogen and oxygen atoms in total. The van der Waals surface area contributed by atoms with Gasteiger partial charge in [0.2, 0.25) is 11.8 Å². The molecule has 5 rings (SSSR count). The number of carbonyl (C=O) groups excluding carboxylic acids is 3. The van der Waals surface area contributed by atoms with Gasteiger partial charge in [0.05, 0.1) is 37.2 Å². The predicted octanol–water partition coefficient (Wildman–Crippen LogP) is 6.18. The Bertz CT molecular complexity index is 1480. The Hall–Kier alpha value is -3.64. The van der Waals surface area contributed by atoms with Gasteiger partial charge in [-0.25, -0.2) is 14.8 Å². The number of methoxy groups -OCH3 is 1. The number of hydrogen-bond donors (Lipinski definition) is 1. The van der Waals surface area contributed by atoms with Gasteiger partial charge in [-0.3, -0.25) is 9.59 Å². The molecule has 2 aromatic rings. The van der Waals surface area contributed by atoms with E-state index in [2.05, 4.69) is 5.32 Å². The lowest BCUT2D eigenvalue weighted by molar-refractivity contribution is -0.155.